The van der Waals surface area contributed by atoms with Crippen molar-refractivity contribution >= 4 is 11.7 Å². The molecule has 0 radical (unpaired) electrons. The SMILES string of the molecule is Cc1ccc(NC(=O)NCC#CCOc2ccccc2F)cc1. The fraction of sp³-hybridized carbons (Fsp3) is 0.167. The van der Waals surface area contributed by atoms with Gasteiger partial charge in [-0.3, -0.25) is 0 Å². The molecule has 0 fully saturated rings. The molecule has 23 heavy (non-hydrogen) atoms. The lowest BCUT2D eigenvalue weighted by Crippen LogP contribution is -2.28. The number of para-hydroxylation sites is 1. The summed E-state index contributed by atoms with van der Waals surface area (Å²) in [5.74, 6) is 5.17. The van der Waals surface area contributed by atoms with E-state index in [2.05, 4.69) is 22.5 Å². The van der Waals surface area contributed by atoms with E-state index in [-0.39, 0.29) is 24.9 Å². The number of aryl methyl sites for hydroxylation is 1. The molecule has 0 bridgehead atoms. The predicted molar refractivity (Wildman–Crippen MR) is 87.9 cm³/mol. The van der Waals surface area contributed by atoms with Crippen LogP contribution in [-0.4, -0.2) is 19.2 Å². The van der Waals surface area contributed by atoms with Gasteiger partial charge in [0.15, 0.2) is 11.6 Å². The number of ether oxygens (including phenoxy) is 1. The van der Waals surface area contributed by atoms with Gasteiger partial charge in [0.05, 0.1) is 6.54 Å². The monoisotopic (exact) mass is 312 g/mol. The Kier molecular flexibility index (Phi) is 6.01. The third-order valence-corrected chi connectivity index (χ3v) is 2.91. The van der Waals surface area contributed by atoms with Crippen LogP contribution in [-0.2, 0) is 0 Å². The first-order chi connectivity index (χ1) is 11.1. The number of amides is 2. The van der Waals surface area contributed by atoms with Crippen molar-refractivity contribution in [3.8, 4) is 17.6 Å². The third-order valence-electron chi connectivity index (χ3n) is 2.91. The van der Waals surface area contributed by atoms with Gasteiger partial charge in [-0.15, -0.1) is 0 Å². The van der Waals surface area contributed by atoms with Gasteiger partial charge < -0.3 is 15.4 Å². The van der Waals surface area contributed by atoms with E-state index in [1.807, 2.05) is 31.2 Å². The lowest BCUT2D eigenvalue weighted by Gasteiger charge is -2.05. The second kappa shape index (κ2) is 8.44. The highest BCUT2D eigenvalue weighted by Gasteiger charge is 2.00. The third kappa shape index (κ3) is 5.71. The number of carbonyl (C=O) groups is 1. The largest absolute Gasteiger partial charge is 0.478 e. The van der Waals surface area contributed by atoms with E-state index in [1.165, 1.54) is 12.1 Å². The summed E-state index contributed by atoms with van der Waals surface area (Å²) in [5, 5.41) is 5.30. The molecule has 0 aliphatic rings. The Hall–Kier alpha value is -3.00. The van der Waals surface area contributed by atoms with Gasteiger partial charge in [0.1, 0.15) is 6.61 Å². The van der Waals surface area contributed by atoms with E-state index in [0.29, 0.717) is 5.69 Å². The summed E-state index contributed by atoms with van der Waals surface area (Å²) in [5.41, 5.74) is 1.83. The van der Waals surface area contributed by atoms with Crippen molar-refractivity contribution in [2.75, 3.05) is 18.5 Å². The average Bonchev–Trinajstić information content (AvgIpc) is 2.54. The van der Waals surface area contributed by atoms with Gasteiger partial charge in [0, 0.05) is 5.69 Å². The lowest BCUT2D eigenvalue weighted by molar-refractivity contribution is 0.253. The van der Waals surface area contributed by atoms with Crippen molar-refractivity contribution < 1.29 is 13.9 Å². The molecular weight excluding hydrogens is 295 g/mol. The standard InChI is InChI=1S/C18H17FN2O2/c1-14-8-10-15(11-9-14)21-18(22)20-12-4-5-13-23-17-7-3-2-6-16(17)19/h2-3,6-11H,12-13H2,1H3,(H2,20,21,22). The number of benzene rings is 2. The van der Waals surface area contributed by atoms with Crippen LogP contribution in [0, 0.1) is 24.6 Å². The summed E-state index contributed by atoms with van der Waals surface area (Å²) in [7, 11) is 0. The number of halogens is 1. The molecule has 2 aromatic rings. The molecule has 2 rings (SSSR count). The van der Waals surface area contributed by atoms with Gasteiger partial charge in [-0.25, -0.2) is 9.18 Å². The van der Waals surface area contributed by atoms with E-state index < -0.39 is 5.82 Å². The molecule has 4 nitrogen and oxygen atoms in total. The predicted octanol–water partition coefficient (Wildman–Crippen LogP) is 3.34. The number of anilines is 1. The van der Waals surface area contributed by atoms with Crippen LogP contribution in [0.15, 0.2) is 48.5 Å². The summed E-state index contributed by atoms with van der Waals surface area (Å²) < 4.78 is 18.4. The Morgan fingerprint density at radius 1 is 1.13 bits per heavy atom. The zero-order chi connectivity index (χ0) is 16.5. The summed E-state index contributed by atoms with van der Waals surface area (Å²) in [6.45, 7) is 2.21. The topological polar surface area (TPSA) is 50.4 Å². The Balaban J connectivity index is 1.68. The molecule has 2 N–H and O–H groups in total. The maximum atomic E-state index is 13.3. The van der Waals surface area contributed by atoms with Crippen molar-refractivity contribution in [3.05, 3.63) is 59.9 Å². The normalized spacial score (nSPS) is 9.48. The molecule has 0 spiro atoms. The quantitative estimate of drug-likeness (QED) is 0.851. The molecular formula is C18H17FN2O2. The molecule has 0 heterocycles. The molecule has 0 atom stereocenters. The Labute approximate surface area is 134 Å². The van der Waals surface area contributed by atoms with Gasteiger partial charge in [-0.2, -0.15) is 0 Å². The summed E-state index contributed by atoms with van der Waals surface area (Å²) >= 11 is 0. The maximum absolute atomic E-state index is 13.3. The van der Waals surface area contributed by atoms with E-state index in [4.69, 9.17) is 4.74 Å². The van der Waals surface area contributed by atoms with Gasteiger partial charge in [0.2, 0.25) is 0 Å². The fourth-order valence-corrected chi connectivity index (χ4v) is 1.73. The molecule has 0 aromatic heterocycles. The highest BCUT2D eigenvalue weighted by atomic mass is 19.1. The zero-order valence-corrected chi connectivity index (χ0v) is 12.7. The van der Waals surface area contributed by atoms with Crippen molar-refractivity contribution in [1.82, 2.24) is 5.32 Å². The van der Waals surface area contributed by atoms with Gasteiger partial charge in [-0.05, 0) is 31.2 Å². The number of carbonyl (C=O) groups excluding carboxylic acids is 1. The maximum Gasteiger partial charge on any atom is 0.319 e. The van der Waals surface area contributed by atoms with Crippen LogP contribution in [0.4, 0.5) is 14.9 Å². The summed E-state index contributed by atoms with van der Waals surface area (Å²) in [6, 6.07) is 13.3. The Bertz CT molecular complexity index is 718. The van der Waals surface area contributed by atoms with Crippen molar-refractivity contribution in [3.63, 3.8) is 0 Å². The number of rotatable bonds is 4. The van der Waals surface area contributed by atoms with Crippen LogP contribution in [0.1, 0.15) is 5.56 Å². The minimum absolute atomic E-state index is 0.0577. The molecule has 2 aromatic carbocycles. The zero-order valence-electron chi connectivity index (χ0n) is 12.7. The Morgan fingerprint density at radius 3 is 2.61 bits per heavy atom. The summed E-state index contributed by atoms with van der Waals surface area (Å²) in [6.07, 6.45) is 0. The average molecular weight is 312 g/mol. The van der Waals surface area contributed by atoms with E-state index >= 15 is 0 Å². The molecule has 0 aliphatic heterocycles. The van der Waals surface area contributed by atoms with E-state index in [0.717, 1.165) is 5.56 Å². The van der Waals surface area contributed by atoms with Gasteiger partial charge in [-0.1, -0.05) is 41.7 Å². The molecule has 0 aliphatic carbocycles. The number of urea groups is 1. The highest BCUT2D eigenvalue weighted by Crippen LogP contribution is 2.14. The van der Waals surface area contributed by atoms with Crippen LogP contribution in [0.3, 0.4) is 0 Å². The van der Waals surface area contributed by atoms with Crippen LogP contribution in [0.25, 0.3) is 0 Å². The molecule has 5 heteroatoms. The first-order valence-electron chi connectivity index (χ1n) is 7.10. The number of hydrogen-bond donors (Lipinski definition) is 2. The first kappa shape index (κ1) is 16.4. The minimum atomic E-state index is -0.426. The number of nitrogens with one attached hydrogen (secondary N) is 2. The number of hydrogen-bond acceptors (Lipinski definition) is 2. The van der Waals surface area contributed by atoms with Crippen molar-refractivity contribution in [2.24, 2.45) is 0 Å². The smallest absolute Gasteiger partial charge is 0.319 e. The van der Waals surface area contributed by atoms with Crippen LogP contribution in [0.5, 0.6) is 5.75 Å². The van der Waals surface area contributed by atoms with Crippen LogP contribution >= 0.6 is 0 Å². The Morgan fingerprint density at radius 2 is 1.87 bits per heavy atom. The van der Waals surface area contributed by atoms with E-state index in [9.17, 15) is 9.18 Å². The second-order valence-corrected chi connectivity index (χ2v) is 4.75. The highest BCUT2D eigenvalue weighted by molar-refractivity contribution is 5.89. The van der Waals surface area contributed by atoms with Crippen LogP contribution in [0.2, 0.25) is 0 Å². The second-order valence-electron chi connectivity index (χ2n) is 4.75. The lowest BCUT2D eigenvalue weighted by atomic mass is 10.2. The summed E-state index contributed by atoms with van der Waals surface area (Å²) in [4.78, 5) is 11.6. The molecule has 0 saturated heterocycles. The van der Waals surface area contributed by atoms with Crippen molar-refractivity contribution in [2.45, 2.75) is 6.92 Å². The molecule has 0 unspecified atom stereocenters. The van der Waals surface area contributed by atoms with Gasteiger partial charge >= 0.3 is 6.03 Å². The first-order valence-corrected chi connectivity index (χ1v) is 7.10. The van der Waals surface area contributed by atoms with E-state index in [1.54, 1.807) is 12.1 Å². The molecule has 118 valence electrons. The van der Waals surface area contributed by atoms with Crippen LogP contribution < -0.4 is 15.4 Å². The fourth-order valence-electron chi connectivity index (χ4n) is 1.73. The van der Waals surface area contributed by atoms with Gasteiger partial charge in [0.25, 0.3) is 0 Å². The molecule has 2 amide bonds. The minimum Gasteiger partial charge on any atom is -0.478 e. The van der Waals surface area contributed by atoms with Crippen molar-refractivity contribution in [1.29, 1.82) is 0 Å². The molecule has 0 saturated carbocycles.